The fourth-order valence-corrected chi connectivity index (χ4v) is 3.82. The van der Waals surface area contributed by atoms with Crippen molar-refractivity contribution in [1.82, 2.24) is 15.0 Å². The predicted molar refractivity (Wildman–Crippen MR) is 119 cm³/mol. The molecule has 162 valence electrons. The maximum Gasteiger partial charge on any atom is 0.254 e. The summed E-state index contributed by atoms with van der Waals surface area (Å²) in [6, 6.07) is 15.2. The average Bonchev–Trinajstić information content (AvgIpc) is 3.30. The lowest BCUT2D eigenvalue weighted by atomic mass is 10.0. The second kappa shape index (κ2) is 9.77. The monoisotopic (exact) mass is 419 g/mol. The van der Waals surface area contributed by atoms with E-state index < -0.39 is 0 Å². The van der Waals surface area contributed by atoms with E-state index in [0.29, 0.717) is 30.4 Å². The maximum atomic E-state index is 13.3. The van der Waals surface area contributed by atoms with Crippen LogP contribution in [0.5, 0.6) is 5.75 Å². The van der Waals surface area contributed by atoms with Gasteiger partial charge in [0.15, 0.2) is 0 Å². The molecule has 0 bridgehead atoms. The number of aromatic nitrogens is 2. The van der Waals surface area contributed by atoms with Crippen LogP contribution in [0.3, 0.4) is 0 Å². The van der Waals surface area contributed by atoms with Crippen molar-refractivity contribution < 1.29 is 14.1 Å². The van der Waals surface area contributed by atoms with Gasteiger partial charge in [0, 0.05) is 17.7 Å². The number of likely N-dealkylation sites (tertiary alicyclic amines) is 1. The normalized spacial score (nSPS) is 16.3. The molecule has 0 radical (unpaired) electrons. The first-order chi connectivity index (χ1) is 15.2. The fraction of sp³-hybridized carbons (Fsp3) is 0.400. The molecule has 0 saturated carbocycles. The molecule has 1 aliphatic heterocycles. The molecule has 6 heteroatoms. The van der Waals surface area contributed by atoms with E-state index in [1.807, 2.05) is 60.4 Å². The summed E-state index contributed by atoms with van der Waals surface area (Å²) in [6.45, 7) is 5.55. The van der Waals surface area contributed by atoms with Crippen LogP contribution >= 0.6 is 0 Å². The number of aryl methyl sites for hydroxylation is 1. The molecule has 0 N–H and O–H groups in total. The number of hydrogen-bond acceptors (Lipinski definition) is 5. The van der Waals surface area contributed by atoms with Gasteiger partial charge in [0.25, 0.3) is 5.91 Å². The van der Waals surface area contributed by atoms with Crippen molar-refractivity contribution in [3.05, 3.63) is 65.5 Å². The molecule has 31 heavy (non-hydrogen) atoms. The zero-order valence-corrected chi connectivity index (χ0v) is 18.2. The van der Waals surface area contributed by atoms with Crippen LogP contribution in [-0.4, -0.2) is 34.1 Å². The molecule has 3 aromatic rings. The highest BCUT2D eigenvalue weighted by molar-refractivity contribution is 5.94. The molecule has 1 aromatic heterocycles. The zero-order valence-electron chi connectivity index (χ0n) is 18.2. The van der Waals surface area contributed by atoms with E-state index in [4.69, 9.17) is 9.26 Å². The summed E-state index contributed by atoms with van der Waals surface area (Å²) in [4.78, 5) is 19.8. The SMILES string of the molecule is CCCCOc1ccc(C(=O)N2CCCC[C@H]2c2nc(-c3ccc(C)cc3)no2)cc1. The molecule has 1 fully saturated rings. The van der Waals surface area contributed by atoms with E-state index in [-0.39, 0.29) is 11.9 Å². The Labute approximate surface area is 183 Å². The van der Waals surface area contributed by atoms with Gasteiger partial charge in [-0.25, -0.2) is 0 Å². The number of nitrogens with zero attached hydrogens (tertiary/aromatic N) is 3. The summed E-state index contributed by atoms with van der Waals surface area (Å²) in [5.41, 5.74) is 2.74. The van der Waals surface area contributed by atoms with Gasteiger partial charge in [0.05, 0.1) is 6.61 Å². The third kappa shape index (κ3) is 4.95. The number of amides is 1. The van der Waals surface area contributed by atoms with E-state index >= 15 is 0 Å². The Hall–Kier alpha value is -3.15. The first-order valence-corrected chi connectivity index (χ1v) is 11.1. The van der Waals surface area contributed by atoms with Crippen LogP contribution in [0.2, 0.25) is 0 Å². The highest BCUT2D eigenvalue weighted by atomic mass is 16.5. The Balaban J connectivity index is 1.50. The van der Waals surface area contributed by atoms with Crippen LogP contribution < -0.4 is 4.74 Å². The lowest BCUT2D eigenvalue weighted by Gasteiger charge is -2.33. The summed E-state index contributed by atoms with van der Waals surface area (Å²) in [7, 11) is 0. The molecule has 1 saturated heterocycles. The Morgan fingerprint density at radius 2 is 1.90 bits per heavy atom. The van der Waals surface area contributed by atoms with Crippen molar-refractivity contribution >= 4 is 5.91 Å². The number of piperidine rings is 1. The number of carbonyl (C=O) groups excluding carboxylic acids is 1. The molecule has 1 atom stereocenters. The first-order valence-electron chi connectivity index (χ1n) is 11.1. The number of ether oxygens (including phenoxy) is 1. The van der Waals surface area contributed by atoms with Gasteiger partial charge in [-0.05, 0) is 56.9 Å². The Morgan fingerprint density at radius 1 is 1.13 bits per heavy atom. The van der Waals surface area contributed by atoms with Gasteiger partial charge in [0.2, 0.25) is 11.7 Å². The smallest absolute Gasteiger partial charge is 0.254 e. The zero-order chi connectivity index (χ0) is 21.6. The number of benzene rings is 2. The van der Waals surface area contributed by atoms with Crippen LogP contribution in [0, 0.1) is 6.92 Å². The van der Waals surface area contributed by atoms with E-state index in [0.717, 1.165) is 43.4 Å². The van der Waals surface area contributed by atoms with Crippen LogP contribution in [0.15, 0.2) is 53.1 Å². The summed E-state index contributed by atoms with van der Waals surface area (Å²) >= 11 is 0. The third-order valence-electron chi connectivity index (χ3n) is 5.67. The number of unbranched alkanes of at least 4 members (excludes halogenated alkanes) is 1. The lowest BCUT2D eigenvalue weighted by molar-refractivity contribution is 0.0561. The van der Waals surface area contributed by atoms with Gasteiger partial charge in [0.1, 0.15) is 11.8 Å². The second-order valence-electron chi connectivity index (χ2n) is 8.06. The highest BCUT2D eigenvalue weighted by Crippen LogP contribution is 2.32. The minimum absolute atomic E-state index is 0.0140. The topological polar surface area (TPSA) is 68.5 Å². The summed E-state index contributed by atoms with van der Waals surface area (Å²) in [5, 5.41) is 4.16. The van der Waals surface area contributed by atoms with Crippen molar-refractivity contribution in [1.29, 1.82) is 0 Å². The largest absolute Gasteiger partial charge is 0.494 e. The van der Waals surface area contributed by atoms with E-state index in [2.05, 4.69) is 17.1 Å². The molecule has 6 nitrogen and oxygen atoms in total. The van der Waals surface area contributed by atoms with Crippen LogP contribution in [-0.2, 0) is 0 Å². The van der Waals surface area contributed by atoms with E-state index in [9.17, 15) is 4.79 Å². The highest BCUT2D eigenvalue weighted by Gasteiger charge is 2.32. The third-order valence-corrected chi connectivity index (χ3v) is 5.67. The molecule has 0 aliphatic carbocycles. The van der Waals surface area contributed by atoms with Crippen LogP contribution in [0.1, 0.15) is 66.9 Å². The molecular weight excluding hydrogens is 390 g/mol. The number of rotatable bonds is 7. The predicted octanol–water partition coefficient (Wildman–Crippen LogP) is 5.59. The first kappa shape index (κ1) is 21.1. The molecule has 1 aliphatic rings. The summed E-state index contributed by atoms with van der Waals surface area (Å²) < 4.78 is 11.3. The minimum Gasteiger partial charge on any atom is -0.494 e. The van der Waals surface area contributed by atoms with Crippen molar-refractivity contribution in [3.63, 3.8) is 0 Å². The Morgan fingerprint density at radius 3 is 2.65 bits per heavy atom. The molecule has 0 unspecified atom stereocenters. The van der Waals surface area contributed by atoms with Gasteiger partial charge < -0.3 is 14.2 Å². The standard InChI is InChI=1S/C25H29N3O3/c1-3-4-17-30-21-14-12-20(13-15-21)25(29)28-16-6-5-7-22(28)24-26-23(27-31-24)19-10-8-18(2)9-11-19/h8-15,22H,3-7,16-17H2,1-2H3/t22-/m0/s1. The Kier molecular flexibility index (Phi) is 6.65. The average molecular weight is 420 g/mol. The van der Waals surface area contributed by atoms with E-state index in [1.165, 1.54) is 5.56 Å². The van der Waals surface area contributed by atoms with Crippen molar-refractivity contribution in [2.24, 2.45) is 0 Å². The van der Waals surface area contributed by atoms with Gasteiger partial charge >= 0.3 is 0 Å². The molecule has 0 spiro atoms. The minimum atomic E-state index is -0.201. The van der Waals surface area contributed by atoms with Gasteiger partial charge in [-0.2, -0.15) is 4.98 Å². The molecule has 2 heterocycles. The number of hydrogen-bond donors (Lipinski definition) is 0. The summed E-state index contributed by atoms with van der Waals surface area (Å²) in [5.74, 6) is 1.84. The summed E-state index contributed by atoms with van der Waals surface area (Å²) in [6.07, 6.45) is 4.93. The molecule has 1 amide bonds. The van der Waals surface area contributed by atoms with Crippen molar-refractivity contribution in [2.75, 3.05) is 13.2 Å². The van der Waals surface area contributed by atoms with Gasteiger partial charge in [-0.3, -0.25) is 4.79 Å². The van der Waals surface area contributed by atoms with Gasteiger partial charge in [-0.15, -0.1) is 0 Å². The van der Waals surface area contributed by atoms with Crippen molar-refractivity contribution in [3.8, 4) is 17.1 Å². The quantitative estimate of drug-likeness (QED) is 0.467. The fourth-order valence-electron chi connectivity index (χ4n) is 3.82. The van der Waals surface area contributed by atoms with Crippen molar-refractivity contribution in [2.45, 2.75) is 52.0 Å². The van der Waals surface area contributed by atoms with Crippen LogP contribution in [0.25, 0.3) is 11.4 Å². The van der Waals surface area contributed by atoms with Gasteiger partial charge in [-0.1, -0.05) is 48.3 Å². The second-order valence-corrected chi connectivity index (χ2v) is 8.06. The maximum absolute atomic E-state index is 13.3. The Bertz CT molecular complexity index is 996. The lowest BCUT2D eigenvalue weighted by Crippen LogP contribution is -2.38. The molecule has 2 aromatic carbocycles. The molecular formula is C25H29N3O3. The van der Waals surface area contributed by atoms with E-state index in [1.54, 1.807) is 0 Å². The number of carbonyl (C=O) groups is 1. The molecule has 4 rings (SSSR count). The van der Waals surface area contributed by atoms with Crippen LogP contribution in [0.4, 0.5) is 0 Å².